The van der Waals surface area contributed by atoms with Gasteiger partial charge in [0.2, 0.25) is 0 Å². The quantitative estimate of drug-likeness (QED) is 0.458. The molecule has 0 fully saturated rings. The first kappa shape index (κ1) is 22.0. The summed E-state index contributed by atoms with van der Waals surface area (Å²) >= 11 is 0. The molecular weight excluding hydrogens is 416 g/mol. The zero-order chi connectivity index (χ0) is 23.4. The molecule has 3 N–H and O–H groups in total. The fourth-order valence-corrected chi connectivity index (χ4v) is 3.72. The lowest BCUT2D eigenvalue weighted by Crippen LogP contribution is -2.23. The van der Waals surface area contributed by atoms with Crippen LogP contribution >= 0.6 is 0 Å². The van der Waals surface area contributed by atoms with Crippen LogP contribution in [0.3, 0.4) is 0 Å². The van der Waals surface area contributed by atoms with Crippen LogP contribution in [0.2, 0.25) is 0 Å². The van der Waals surface area contributed by atoms with Gasteiger partial charge in [-0.2, -0.15) is 5.10 Å². The van der Waals surface area contributed by atoms with Crippen molar-refractivity contribution in [1.82, 2.24) is 24.6 Å². The second-order valence-corrected chi connectivity index (χ2v) is 8.02. The zero-order valence-corrected chi connectivity index (χ0v) is 18.7. The van der Waals surface area contributed by atoms with Gasteiger partial charge in [-0.3, -0.25) is 14.3 Å². The topological polar surface area (TPSA) is 108 Å². The number of hydrogen-bond acceptors (Lipinski definition) is 5. The van der Waals surface area contributed by atoms with Gasteiger partial charge in [-0.25, -0.2) is 4.98 Å². The molecule has 8 heteroatoms. The van der Waals surface area contributed by atoms with Gasteiger partial charge in [0.25, 0.3) is 11.5 Å². The second-order valence-electron chi connectivity index (χ2n) is 8.02. The lowest BCUT2D eigenvalue weighted by Gasteiger charge is -2.11. The summed E-state index contributed by atoms with van der Waals surface area (Å²) in [4.78, 5) is 28.7. The normalized spacial score (nSPS) is 10.8. The summed E-state index contributed by atoms with van der Waals surface area (Å²) in [5, 5.41) is 7.25. The lowest BCUT2D eigenvalue weighted by atomic mass is 10.1. The van der Waals surface area contributed by atoms with Gasteiger partial charge in [-0.05, 0) is 48.2 Å². The zero-order valence-electron chi connectivity index (χ0n) is 18.7. The minimum atomic E-state index is -0.194. The molecule has 0 aliphatic carbocycles. The van der Waals surface area contributed by atoms with Crippen molar-refractivity contribution >= 4 is 11.7 Å². The van der Waals surface area contributed by atoms with Crippen LogP contribution in [0.25, 0.3) is 0 Å². The standard InChI is InChI=1S/C25H26N6O2/c1-17-11-23(26)29-18(2)22(17)13-27-25(33)21-12-28-31(16-21)15-20-8-6-19(7-9-20)14-30-10-4-3-5-24(30)32/h3-12,16H,13-15H2,1-2H3,(H2,26,29)(H,27,33). The maximum Gasteiger partial charge on any atom is 0.254 e. The number of hydrogen-bond donors (Lipinski definition) is 2. The smallest absolute Gasteiger partial charge is 0.254 e. The number of rotatable bonds is 7. The lowest BCUT2D eigenvalue weighted by molar-refractivity contribution is 0.0950. The predicted octanol–water partition coefficient (Wildman–Crippen LogP) is 2.67. The Bertz CT molecular complexity index is 1310. The van der Waals surface area contributed by atoms with E-state index in [0.29, 0.717) is 31.0 Å². The number of carbonyl (C=O) groups is 1. The summed E-state index contributed by atoms with van der Waals surface area (Å²) in [7, 11) is 0. The van der Waals surface area contributed by atoms with Crippen molar-refractivity contribution in [2.24, 2.45) is 0 Å². The van der Waals surface area contributed by atoms with E-state index < -0.39 is 0 Å². The summed E-state index contributed by atoms with van der Waals surface area (Å²) in [5.74, 6) is 0.281. The average molecular weight is 443 g/mol. The average Bonchev–Trinajstić information content (AvgIpc) is 3.24. The van der Waals surface area contributed by atoms with Crippen molar-refractivity contribution in [1.29, 1.82) is 0 Å². The van der Waals surface area contributed by atoms with Crippen LogP contribution in [0.15, 0.2) is 71.9 Å². The molecule has 0 radical (unpaired) electrons. The molecule has 0 spiro atoms. The molecule has 0 aliphatic heterocycles. The molecule has 33 heavy (non-hydrogen) atoms. The van der Waals surface area contributed by atoms with Crippen LogP contribution in [0.4, 0.5) is 5.82 Å². The number of anilines is 1. The molecule has 3 heterocycles. The first-order chi connectivity index (χ1) is 15.9. The predicted molar refractivity (Wildman–Crippen MR) is 127 cm³/mol. The minimum absolute atomic E-state index is 0.0260. The summed E-state index contributed by atoms with van der Waals surface area (Å²) in [5.41, 5.74) is 11.1. The highest BCUT2D eigenvalue weighted by Gasteiger charge is 2.11. The molecule has 8 nitrogen and oxygen atoms in total. The molecule has 4 aromatic rings. The third kappa shape index (κ3) is 5.35. The van der Waals surface area contributed by atoms with Gasteiger partial charge in [0.15, 0.2) is 0 Å². The number of pyridine rings is 2. The molecule has 0 atom stereocenters. The van der Waals surface area contributed by atoms with Crippen LogP contribution in [0.1, 0.15) is 38.3 Å². The number of nitrogens with one attached hydrogen (secondary N) is 1. The number of benzene rings is 1. The fourth-order valence-electron chi connectivity index (χ4n) is 3.72. The highest BCUT2D eigenvalue weighted by Crippen LogP contribution is 2.15. The van der Waals surface area contributed by atoms with Crippen molar-refractivity contribution in [3.05, 3.63) is 111 Å². The monoisotopic (exact) mass is 442 g/mol. The van der Waals surface area contributed by atoms with Crippen molar-refractivity contribution in [3.63, 3.8) is 0 Å². The van der Waals surface area contributed by atoms with Gasteiger partial charge in [0.05, 0.1) is 24.8 Å². The van der Waals surface area contributed by atoms with E-state index in [0.717, 1.165) is 27.9 Å². The maximum atomic E-state index is 12.6. The van der Waals surface area contributed by atoms with E-state index in [-0.39, 0.29) is 11.5 Å². The number of amides is 1. The summed E-state index contributed by atoms with van der Waals surface area (Å²) < 4.78 is 3.39. The Morgan fingerprint density at radius 2 is 1.79 bits per heavy atom. The third-order valence-electron chi connectivity index (χ3n) is 5.51. The summed E-state index contributed by atoms with van der Waals surface area (Å²) in [6.45, 7) is 5.27. The van der Waals surface area contributed by atoms with Crippen molar-refractivity contribution in [2.45, 2.75) is 33.5 Å². The van der Waals surface area contributed by atoms with E-state index in [4.69, 9.17) is 5.73 Å². The summed E-state index contributed by atoms with van der Waals surface area (Å²) in [6.07, 6.45) is 5.07. The Kier molecular flexibility index (Phi) is 6.35. The molecular formula is C25H26N6O2. The van der Waals surface area contributed by atoms with Crippen molar-refractivity contribution < 1.29 is 4.79 Å². The molecule has 1 aromatic carbocycles. The number of nitrogen functional groups attached to an aromatic ring is 1. The van der Waals surface area contributed by atoms with Crippen molar-refractivity contribution in [3.8, 4) is 0 Å². The van der Waals surface area contributed by atoms with Gasteiger partial charge in [0.1, 0.15) is 5.82 Å². The molecule has 1 amide bonds. The summed E-state index contributed by atoms with van der Waals surface area (Å²) in [6, 6.07) is 14.9. The molecule has 0 aliphatic rings. The molecule has 0 saturated carbocycles. The molecule has 0 bridgehead atoms. The minimum Gasteiger partial charge on any atom is -0.384 e. The van der Waals surface area contributed by atoms with Crippen LogP contribution in [0.5, 0.6) is 0 Å². The first-order valence-electron chi connectivity index (χ1n) is 10.7. The van der Waals surface area contributed by atoms with E-state index in [9.17, 15) is 9.59 Å². The van der Waals surface area contributed by atoms with Gasteiger partial charge in [-0.1, -0.05) is 30.3 Å². The second kappa shape index (κ2) is 9.52. The van der Waals surface area contributed by atoms with Gasteiger partial charge >= 0.3 is 0 Å². The van der Waals surface area contributed by atoms with E-state index in [2.05, 4.69) is 15.4 Å². The Morgan fingerprint density at radius 3 is 2.48 bits per heavy atom. The number of aryl methyl sites for hydroxylation is 2. The first-order valence-corrected chi connectivity index (χ1v) is 10.7. The van der Waals surface area contributed by atoms with E-state index in [1.165, 1.54) is 0 Å². The number of carbonyl (C=O) groups excluding carboxylic acids is 1. The van der Waals surface area contributed by atoms with E-state index in [1.54, 1.807) is 46.0 Å². The Hall–Kier alpha value is -4.20. The largest absolute Gasteiger partial charge is 0.384 e. The Labute approximate surface area is 191 Å². The van der Waals surface area contributed by atoms with E-state index in [1.807, 2.05) is 44.2 Å². The molecule has 168 valence electrons. The van der Waals surface area contributed by atoms with E-state index >= 15 is 0 Å². The third-order valence-corrected chi connectivity index (χ3v) is 5.51. The van der Waals surface area contributed by atoms with Gasteiger partial charge in [-0.15, -0.1) is 0 Å². The van der Waals surface area contributed by atoms with Crippen LogP contribution in [0, 0.1) is 13.8 Å². The highest BCUT2D eigenvalue weighted by atomic mass is 16.1. The molecule has 0 unspecified atom stereocenters. The number of nitrogens with zero attached hydrogens (tertiary/aromatic N) is 4. The Morgan fingerprint density at radius 1 is 1.06 bits per heavy atom. The van der Waals surface area contributed by atoms with Gasteiger partial charge in [0, 0.05) is 30.7 Å². The maximum absolute atomic E-state index is 12.6. The van der Waals surface area contributed by atoms with Gasteiger partial charge < -0.3 is 15.6 Å². The van der Waals surface area contributed by atoms with Crippen LogP contribution < -0.4 is 16.6 Å². The number of nitrogens with two attached hydrogens (primary N) is 1. The van der Waals surface area contributed by atoms with Crippen LogP contribution in [-0.4, -0.2) is 25.2 Å². The number of aromatic nitrogens is 4. The molecule has 4 rings (SSSR count). The molecule has 3 aromatic heterocycles. The van der Waals surface area contributed by atoms with Crippen molar-refractivity contribution in [2.75, 3.05) is 5.73 Å². The Balaban J connectivity index is 1.36. The molecule has 0 saturated heterocycles. The SMILES string of the molecule is Cc1cc(N)nc(C)c1CNC(=O)c1cnn(Cc2ccc(Cn3ccccc3=O)cc2)c1. The highest BCUT2D eigenvalue weighted by molar-refractivity contribution is 5.93. The fraction of sp³-hybridized carbons (Fsp3) is 0.200. The van der Waals surface area contributed by atoms with Crippen LogP contribution in [-0.2, 0) is 19.6 Å².